The molecule has 2 aromatic rings. The summed E-state index contributed by atoms with van der Waals surface area (Å²) in [7, 11) is 0. The van der Waals surface area contributed by atoms with Gasteiger partial charge in [0.1, 0.15) is 5.58 Å². The van der Waals surface area contributed by atoms with Crippen molar-refractivity contribution in [2.24, 2.45) is 11.7 Å². The number of alkyl halides is 3. The topological polar surface area (TPSA) is 123 Å². The van der Waals surface area contributed by atoms with Crippen molar-refractivity contribution in [3.8, 4) is 0 Å². The van der Waals surface area contributed by atoms with Gasteiger partial charge in [0, 0.05) is 23.2 Å². The maximum atomic E-state index is 11.9. The highest BCUT2D eigenvalue weighted by molar-refractivity contribution is 5.96. The lowest BCUT2D eigenvalue weighted by atomic mass is 10.0. The summed E-state index contributed by atoms with van der Waals surface area (Å²) in [6.07, 6.45) is -5.08. The van der Waals surface area contributed by atoms with Crippen LogP contribution >= 0.6 is 0 Å². The highest BCUT2D eigenvalue weighted by Crippen LogP contribution is 2.21. The molecule has 0 fully saturated rings. The van der Waals surface area contributed by atoms with Crippen LogP contribution in [0.2, 0.25) is 0 Å². The number of hydrogen-bond donors (Lipinski definition) is 3. The molecule has 0 aliphatic carbocycles. The summed E-state index contributed by atoms with van der Waals surface area (Å²) in [6, 6.07) is 6.07. The summed E-state index contributed by atoms with van der Waals surface area (Å²) in [4.78, 5) is 32.2. The van der Waals surface area contributed by atoms with Gasteiger partial charge < -0.3 is 20.6 Å². The molecule has 7 nitrogen and oxygen atoms in total. The van der Waals surface area contributed by atoms with Crippen LogP contribution in [0.25, 0.3) is 11.0 Å². The Kier molecular flexibility index (Phi) is 7.12. The average molecular weight is 388 g/mol. The second-order valence-corrected chi connectivity index (χ2v) is 6.02. The van der Waals surface area contributed by atoms with Crippen LogP contribution < -0.4 is 16.7 Å². The van der Waals surface area contributed by atoms with E-state index in [0.717, 1.165) is 10.9 Å². The van der Waals surface area contributed by atoms with Crippen LogP contribution in [-0.2, 0) is 9.59 Å². The Morgan fingerprint density at radius 3 is 2.26 bits per heavy atom. The fraction of sp³-hybridized carbons (Fsp3) is 0.353. The number of carboxylic acid groups (broad SMARTS) is 1. The first-order chi connectivity index (χ1) is 12.3. The molecule has 1 atom stereocenters. The van der Waals surface area contributed by atoms with Gasteiger partial charge in [0.05, 0.1) is 6.04 Å². The van der Waals surface area contributed by atoms with Crippen molar-refractivity contribution in [3.05, 3.63) is 40.2 Å². The molecule has 1 heterocycles. The lowest BCUT2D eigenvalue weighted by Gasteiger charge is -2.15. The highest BCUT2D eigenvalue weighted by Gasteiger charge is 2.38. The first-order valence-electron chi connectivity index (χ1n) is 7.74. The van der Waals surface area contributed by atoms with Crippen LogP contribution in [-0.4, -0.2) is 29.2 Å². The van der Waals surface area contributed by atoms with Gasteiger partial charge in [0.25, 0.3) is 0 Å². The molecule has 0 bridgehead atoms. The summed E-state index contributed by atoms with van der Waals surface area (Å²) in [5.41, 5.74) is 7.23. The van der Waals surface area contributed by atoms with Crippen molar-refractivity contribution < 1.29 is 32.3 Å². The maximum Gasteiger partial charge on any atom is 0.490 e. The molecule has 1 aromatic heterocycles. The molecule has 0 saturated carbocycles. The lowest BCUT2D eigenvalue weighted by molar-refractivity contribution is -0.192. The molecule has 1 unspecified atom stereocenters. The number of nitrogens with two attached hydrogens (primary N) is 1. The highest BCUT2D eigenvalue weighted by atomic mass is 19.4. The molecule has 1 amide bonds. The number of aryl methyl sites for hydroxylation is 1. The average Bonchev–Trinajstić information content (AvgIpc) is 2.53. The summed E-state index contributed by atoms with van der Waals surface area (Å²) in [5.74, 6) is -2.96. The van der Waals surface area contributed by atoms with Crippen molar-refractivity contribution in [3.63, 3.8) is 0 Å². The Hall–Kier alpha value is -2.88. The van der Waals surface area contributed by atoms with E-state index >= 15 is 0 Å². The minimum atomic E-state index is -5.08. The Morgan fingerprint density at radius 2 is 1.78 bits per heavy atom. The predicted octanol–water partition coefficient (Wildman–Crippen LogP) is 2.66. The molecule has 27 heavy (non-hydrogen) atoms. The molecule has 0 aliphatic heterocycles. The van der Waals surface area contributed by atoms with E-state index in [1.807, 2.05) is 26.8 Å². The molecule has 2 rings (SSSR count). The van der Waals surface area contributed by atoms with Crippen molar-refractivity contribution in [2.75, 3.05) is 5.32 Å². The molecule has 1 aromatic carbocycles. The SMILES string of the molecule is Cc1cc(=O)oc2cc(NC(=O)C(N)C(C)C)ccc12.O=C(O)C(F)(F)F. The zero-order valence-corrected chi connectivity index (χ0v) is 14.8. The van der Waals surface area contributed by atoms with Crippen LogP contribution in [0.3, 0.4) is 0 Å². The number of nitrogens with one attached hydrogen (secondary N) is 1. The standard InChI is InChI=1S/C15H18N2O3.C2HF3O2/c1-8(2)14(16)15(19)17-10-4-5-11-9(3)6-13(18)20-12(11)7-10;3-2(4,5)1(6)7/h4-8,14H,16H2,1-3H3,(H,17,19);(H,6,7). The largest absolute Gasteiger partial charge is 0.490 e. The fourth-order valence-electron chi connectivity index (χ4n) is 1.93. The summed E-state index contributed by atoms with van der Waals surface area (Å²) < 4.78 is 36.9. The molecule has 0 aliphatic rings. The van der Waals surface area contributed by atoms with Crippen molar-refractivity contribution >= 4 is 28.5 Å². The molecule has 4 N–H and O–H groups in total. The number of aliphatic carboxylic acids is 1. The second-order valence-electron chi connectivity index (χ2n) is 6.02. The monoisotopic (exact) mass is 388 g/mol. The molecule has 0 saturated heterocycles. The quantitative estimate of drug-likeness (QED) is 0.695. The number of hydrogen-bond acceptors (Lipinski definition) is 5. The summed E-state index contributed by atoms with van der Waals surface area (Å²) in [6.45, 7) is 5.60. The summed E-state index contributed by atoms with van der Waals surface area (Å²) >= 11 is 0. The van der Waals surface area contributed by atoms with E-state index < -0.39 is 23.8 Å². The Bertz CT molecular complexity index is 890. The molecule has 0 radical (unpaired) electrons. The zero-order valence-electron chi connectivity index (χ0n) is 14.8. The minimum Gasteiger partial charge on any atom is -0.475 e. The van der Waals surface area contributed by atoms with Gasteiger partial charge in [0.2, 0.25) is 5.91 Å². The molecule has 10 heteroatoms. The minimum absolute atomic E-state index is 0.0515. The number of benzene rings is 1. The van der Waals surface area contributed by atoms with Gasteiger partial charge in [-0.2, -0.15) is 13.2 Å². The van der Waals surface area contributed by atoms with Crippen molar-refractivity contribution in [2.45, 2.75) is 33.0 Å². The van der Waals surface area contributed by atoms with E-state index in [-0.39, 0.29) is 11.8 Å². The second kappa shape index (κ2) is 8.67. The van der Waals surface area contributed by atoms with Gasteiger partial charge in [-0.15, -0.1) is 0 Å². The predicted molar refractivity (Wildman–Crippen MR) is 92.4 cm³/mol. The number of anilines is 1. The van der Waals surface area contributed by atoms with Crippen LogP contribution in [0, 0.1) is 12.8 Å². The lowest BCUT2D eigenvalue weighted by Crippen LogP contribution is -2.39. The zero-order chi connectivity index (χ0) is 20.9. The van der Waals surface area contributed by atoms with Gasteiger partial charge >= 0.3 is 17.8 Å². The smallest absolute Gasteiger partial charge is 0.475 e. The molecular weight excluding hydrogens is 369 g/mol. The van der Waals surface area contributed by atoms with Gasteiger partial charge in [0.15, 0.2) is 0 Å². The molecule has 148 valence electrons. The van der Waals surface area contributed by atoms with Crippen molar-refractivity contribution in [1.29, 1.82) is 0 Å². The number of carboxylic acids is 1. The third kappa shape index (κ3) is 6.41. The van der Waals surface area contributed by atoms with Gasteiger partial charge in [-0.05, 0) is 30.5 Å². The van der Waals surface area contributed by atoms with E-state index in [4.69, 9.17) is 20.1 Å². The van der Waals surface area contributed by atoms with E-state index in [2.05, 4.69) is 5.32 Å². The van der Waals surface area contributed by atoms with E-state index in [0.29, 0.717) is 11.3 Å². The number of rotatable bonds is 3. The third-order valence-corrected chi connectivity index (χ3v) is 3.48. The van der Waals surface area contributed by atoms with E-state index in [1.54, 1.807) is 12.1 Å². The number of fused-ring (bicyclic) bond motifs is 1. The number of halogens is 3. The van der Waals surface area contributed by atoms with Crippen LogP contribution in [0.5, 0.6) is 0 Å². The first kappa shape index (κ1) is 22.2. The Labute approximate surface area is 152 Å². The van der Waals surface area contributed by atoms with Gasteiger partial charge in [-0.3, -0.25) is 4.79 Å². The molecular formula is C17H19F3N2O5. The van der Waals surface area contributed by atoms with E-state index in [1.165, 1.54) is 6.07 Å². The van der Waals surface area contributed by atoms with Crippen LogP contribution in [0.15, 0.2) is 33.5 Å². The maximum absolute atomic E-state index is 11.9. The van der Waals surface area contributed by atoms with Gasteiger partial charge in [-0.1, -0.05) is 13.8 Å². The molecule has 0 spiro atoms. The van der Waals surface area contributed by atoms with E-state index in [9.17, 15) is 22.8 Å². The fourth-order valence-corrected chi connectivity index (χ4v) is 1.93. The van der Waals surface area contributed by atoms with Crippen LogP contribution in [0.1, 0.15) is 19.4 Å². The summed E-state index contributed by atoms with van der Waals surface area (Å²) in [5, 5.41) is 10.7. The normalized spacial score (nSPS) is 12.3. The third-order valence-electron chi connectivity index (χ3n) is 3.48. The number of amides is 1. The first-order valence-corrected chi connectivity index (χ1v) is 7.74. The van der Waals surface area contributed by atoms with Crippen molar-refractivity contribution in [1.82, 2.24) is 0 Å². The number of carbonyl (C=O) groups is 2. The Balaban J connectivity index is 0.000000445. The van der Waals surface area contributed by atoms with Gasteiger partial charge in [-0.25, -0.2) is 9.59 Å². The number of carbonyl (C=O) groups excluding carboxylic acids is 1. The Morgan fingerprint density at radius 1 is 1.22 bits per heavy atom. The van der Waals surface area contributed by atoms with Crippen LogP contribution in [0.4, 0.5) is 18.9 Å².